The number of amides is 2. The number of piperazine rings is 1. The molecule has 1 aliphatic rings. The van der Waals surface area contributed by atoms with E-state index in [4.69, 9.17) is 9.47 Å². The molecule has 2 amide bonds. The fourth-order valence-corrected chi connectivity index (χ4v) is 2.55. The van der Waals surface area contributed by atoms with Gasteiger partial charge in [0.05, 0.1) is 39.8 Å². The molecule has 2 rings (SSSR count). The second kappa shape index (κ2) is 9.96. The van der Waals surface area contributed by atoms with E-state index in [1.807, 2.05) is 4.90 Å². The second-order valence-electron chi connectivity index (χ2n) is 6.79. The van der Waals surface area contributed by atoms with E-state index in [1.54, 1.807) is 38.4 Å². The number of ether oxygens (including phenoxy) is 2. The van der Waals surface area contributed by atoms with E-state index in [1.165, 1.54) is 4.90 Å². The molecule has 7 nitrogen and oxygen atoms in total. The molecule has 146 valence electrons. The molecule has 1 aromatic rings. The fraction of sp³-hybridized carbons (Fsp3) is 0.556. The fourth-order valence-electron chi connectivity index (χ4n) is 2.55. The predicted octanol–water partition coefficient (Wildman–Crippen LogP) is -1.56. The third-order valence-electron chi connectivity index (χ3n) is 4.69. The number of carbonyl (C=O) groups is 2. The molecule has 0 spiro atoms. The molecule has 0 radical (unpaired) electrons. The predicted molar refractivity (Wildman–Crippen MR) is 94.7 cm³/mol. The summed E-state index contributed by atoms with van der Waals surface area (Å²) >= 11 is 0. The van der Waals surface area contributed by atoms with Crippen molar-refractivity contribution < 1.29 is 47.5 Å². The highest BCUT2D eigenvalue weighted by molar-refractivity contribution is 5.77. The van der Waals surface area contributed by atoms with Gasteiger partial charge in [0.15, 0.2) is 6.61 Å². The highest BCUT2D eigenvalue weighted by atomic mass is 127. The first kappa shape index (κ1) is 22.5. The van der Waals surface area contributed by atoms with Crippen LogP contribution in [0.25, 0.3) is 0 Å². The lowest BCUT2D eigenvalue weighted by Crippen LogP contribution is -3.00. The van der Waals surface area contributed by atoms with E-state index >= 15 is 0 Å². The third-order valence-corrected chi connectivity index (χ3v) is 4.69. The largest absolute Gasteiger partial charge is 1.00 e. The standard InChI is InChI=1S/C18H28N3O4.HI/c1-5-21(4)12-10-20(11-13-21)17(22)14-24-15-6-8-16(9-7-15)25-18(23)19(2)3;/h6-9H,5,10-14H2,1-4H3;1H/q+1;/p-1. The minimum Gasteiger partial charge on any atom is -1.00 e. The number of halogens is 1. The normalized spacial score (nSPS) is 15.6. The lowest BCUT2D eigenvalue weighted by Gasteiger charge is -2.41. The SMILES string of the molecule is CC[N+]1(C)CCN(C(=O)COc2ccc(OC(=O)N(C)C)cc2)CC1.[I-]. The summed E-state index contributed by atoms with van der Waals surface area (Å²) in [7, 11) is 5.46. The zero-order valence-corrected chi connectivity index (χ0v) is 18.1. The smallest absolute Gasteiger partial charge is 0.414 e. The molecule has 0 aliphatic carbocycles. The molecule has 1 heterocycles. The number of carbonyl (C=O) groups excluding carboxylic acids is 2. The van der Waals surface area contributed by atoms with Crippen LogP contribution in [0, 0.1) is 0 Å². The van der Waals surface area contributed by atoms with Crippen LogP contribution in [0.15, 0.2) is 24.3 Å². The summed E-state index contributed by atoms with van der Waals surface area (Å²) in [6.45, 7) is 6.79. The van der Waals surface area contributed by atoms with Crippen molar-refractivity contribution in [3.63, 3.8) is 0 Å². The van der Waals surface area contributed by atoms with Crippen LogP contribution in [-0.4, -0.2) is 86.8 Å². The van der Waals surface area contributed by atoms with Gasteiger partial charge in [-0.1, -0.05) is 0 Å². The van der Waals surface area contributed by atoms with E-state index in [0.29, 0.717) is 11.5 Å². The van der Waals surface area contributed by atoms with Gasteiger partial charge in [-0.05, 0) is 31.2 Å². The molecule has 0 N–H and O–H groups in total. The van der Waals surface area contributed by atoms with Crippen molar-refractivity contribution in [2.24, 2.45) is 0 Å². The topological polar surface area (TPSA) is 59.1 Å². The van der Waals surface area contributed by atoms with Crippen LogP contribution in [0.2, 0.25) is 0 Å². The van der Waals surface area contributed by atoms with Crippen LogP contribution in [0.5, 0.6) is 11.5 Å². The van der Waals surface area contributed by atoms with E-state index in [9.17, 15) is 9.59 Å². The number of benzene rings is 1. The summed E-state index contributed by atoms with van der Waals surface area (Å²) < 4.78 is 11.7. The minimum atomic E-state index is -0.438. The van der Waals surface area contributed by atoms with Crippen LogP contribution in [0.4, 0.5) is 4.79 Å². The molecule has 0 saturated carbocycles. The average molecular weight is 477 g/mol. The van der Waals surface area contributed by atoms with Crippen molar-refractivity contribution in [1.29, 1.82) is 0 Å². The molecule has 0 atom stereocenters. The Kier molecular flexibility index (Phi) is 8.61. The first-order chi connectivity index (χ1) is 11.8. The molecule has 1 saturated heterocycles. The van der Waals surface area contributed by atoms with E-state index in [2.05, 4.69) is 14.0 Å². The molecule has 0 bridgehead atoms. The summed E-state index contributed by atoms with van der Waals surface area (Å²) in [5, 5.41) is 0. The number of quaternary nitrogens is 1. The highest BCUT2D eigenvalue weighted by Crippen LogP contribution is 2.18. The monoisotopic (exact) mass is 477 g/mol. The molecular formula is C18H28IN3O4. The zero-order chi connectivity index (χ0) is 18.4. The van der Waals surface area contributed by atoms with Crippen molar-refractivity contribution in [3.05, 3.63) is 24.3 Å². The van der Waals surface area contributed by atoms with Crippen LogP contribution < -0.4 is 33.5 Å². The Morgan fingerprint density at radius 3 is 2.15 bits per heavy atom. The van der Waals surface area contributed by atoms with Crippen molar-refractivity contribution in [2.75, 3.05) is 60.5 Å². The Labute approximate surface area is 172 Å². The first-order valence-electron chi connectivity index (χ1n) is 8.56. The minimum absolute atomic E-state index is 0. The highest BCUT2D eigenvalue weighted by Gasteiger charge is 2.29. The first-order valence-corrected chi connectivity index (χ1v) is 8.56. The number of nitrogens with zero attached hydrogens (tertiary/aromatic N) is 3. The molecule has 1 fully saturated rings. The Balaban J connectivity index is 0.00000338. The van der Waals surface area contributed by atoms with Gasteiger partial charge in [0.2, 0.25) is 0 Å². The van der Waals surface area contributed by atoms with Gasteiger partial charge in [-0.2, -0.15) is 0 Å². The Morgan fingerprint density at radius 1 is 1.12 bits per heavy atom. The molecular weight excluding hydrogens is 449 g/mol. The average Bonchev–Trinajstić information content (AvgIpc) is 2.61. The maximum atomic E-state index is 12.3. The maximum absolute atomic E-state index is 12.3. The van der Waals surface area contributed by atoms with Crippen LogP contribution >= 0.6 is 0 Å². The van der Waals surface area contributed by atoms with Crippen LogP contribution in [-0.2, 0) is 4.79 Å². The summed E-state index contributed by atoms with van der Waals surface area (Å²) in [5.41, 5.74) is 0. The van der Waals surface area contributed by atoms with Crippen LogP contribution in [0.3, 0.4) is 0 Å². The van der Waals surface area contributed by atoms with Gasteiger partial charge in [-0.25, -0.2) is 4.79 Å². The van der Waals surface area contributed by atoms with Gasteiger partial charge >= 0.3 is 6.09 Å². The molecule has 26 heavy (non-hydrogen) atoms. The Hall–Kier alpha value is -1.55. The molecule has 0 aromatic heterocycles. The van der Waals surface area contributed by atoms with Crippen molar-refractivity contribution in [1.82, 2.24) is 9.80 Å². The van der Waals surface area contributed by atoms with Gasteiger partial charge < -0.3 is 47.7 Å². The lowest BCUT2D eigenvalue weighted by molar-refractivity contribution is -0.911. The number of hydrogen-bond acceptors (Lipinski definition) is 4. The van der Waals surface area contributed by atoms with Gasteiger partial charge in [0.1, 0.15) is 11.5 Å². The zero-order valence-electron chi connectivity index (χ0n) is 15.9. The van der Waals surface area contributed by atoms with E-state index in [-0.39, 0.29) is 36.5 Å². The number of hydrogen-bond donors (Lipinski definition) is 0. The molecule has 1 aliphatic heterocycles. The maximum Gasteiger partial charge on any atom is 0.414 e. The second-order valence-corrected chi connectivity index (χ2v) is 6.79. The van der Waals surface area contributed by atoms with E-state index in [0.717, 1.165) is 37.2 Å². The summed E-state index contributed by atoms with van der Waals surface area (Å²) in [6.07, 6.45) is -0.438. The van der Waals surface area contributed by atoms with Crippen molar-refractivity contribution >= 4 is 12.0 Å². The molecule has 1 aromatic carbocycles. The Bertz CT molecular complexity index is 599. The summed E-state index contributed by atoms with van der Waals surface area (Å²) in [6, 6.07) is 6.66. The summed E-state index contributed by atoms with van der Waals surface area (Å²) in [5.74, 6) is 1.01. The number of likely N-dealkylation sites (N-methyl/N-ethyl adjacent to an activating group) is 1. The van der Waals surface area contributed by atoms with Gasteiger partial charge in [0.25, 0.3) is 5.91 Å². The quantitative estimate of drug-likeness (QED) is 0.381. The summed E-state index contributed by atoms with van der Waals surface area (Å²) in [4.78, 5) is 27.0. The van der Waals surface area contributed by atoms with Crippen LogP contribution in [0.1, 0.15) is 6.92 Å². The third kappa shape index (κ3) is 6.31. The Morgan fingerprint density at radius 2 is 1.65 bits per heavy atom. The van der Waals surface area contributed by atoms with Crippen molar-refractivity contribution in [2.45, 2.75) is 6.92 Å². The molecule has 0 unspecified atom stereocenters. The van der Waals surface area contributed by atoms with Gasteiger partial charge in [-0.3, -0.25) is 4.79 Å². The lowest BCUT2D eigenvalue weighted by atomic mass is 10.2. The van der Waals surface area contributed by atoms with Gasteiger partial charge in [0, 0.05) is 14.1 Å². The number of rotatable bonds is 5. The van der Waals surface area contributed by atoms with Crippen molar-refractivity contribution in [3.8, 4) is 11.5 Å². The van der Waals surface area contributed by atoms with Gasteiger partial charge in [-0.15, -0.1) is 0 Å². The molecule has 8 heteroatoms. The van der Waals surface area contributed by atoms with E-state index < -0.39 is 6.09 Å².